The Morgan fingerprint density at radius 1 is 1.38 bits per heavy atom. The number of nitrogens with zero attached hydrogens (tertiary/aromatic N) is 2. The smallest absolute Gasteiger partial charge is 0.412 e. The van der Waals surface area contributed by atoms with Gasteiger partial charge in [-0.15, -0.1) is 0 Å². The molecule has 0 spiro atoms. The van der Waals surface area contributed by atoms with Crippen LogP contribution in [0.5, 0.6) is 6.01 Å². The monoisotopic (exact) mass is 319 g/mol. The lowest BCUT2D eigenvalue weighted by Gasteiger charge is -2.24. The van der Waals surface area contributed by atoms with Gasteiger partial charge in [-0.25, -0.2) is 9.18 Å². The maximum absolute atomic E-state index is 13.6. The average Bonchev–Trinajstić information content (AvgIpc) is 2.37. The number of rotatable bonds is 7. The molecule has 0 aliphatic carbocycles. The molecule has 0 atom stereocenters. The zero-order valence-corrected chi connectivity index (χ0v) is 13.6. The van der Waals surface area contributed by atoms with Crippen molar-refractivity contribution in [3.05, 3.63) is 12.0 Å². The summed E-state index contributed by atoms with van der Waals surface area (Å²) in [6.45, 7) is 2.34. The van der Waals surface area contributed by atoms with Gasteiger partial charge in [0.1, 0.15) is 0 Å². The maximum Gasteiger partial charge on any atom is 0.412 e. The van der Waals surface area contributed by atoms with E-state index in [-0.39, 0.29) is 11.8 Å². The predicted octanol–water partition coefficient (Wildman–Crippen LogP) is 3.34. The van der Waals surface area contributed by atoms with Crippen molar-refractivity contribution in [3.63, 3.8) is 0 Å². The van der Waals surface area contributed by atoms with Crippen LogP contribution in [0.25, 0.3) is 0 Å². The van der Waals surface area contributed by atoms with E-state index in [9.17, 15) is 9.18 Å². The highest BCUT2D eigenvalue weighted by molar-refractivity contribution is 8.28. The van der Waals surface area contributed by atoms with Crippen molar-refractivity contribution < 1.29 is 18.1 Å². The van der Waals surface area contributed by atoms with E-state index >= 15 is 0 Å². The third kappa shape index (κ3) is 7.12. The number of ether oxygens (including phenoxy) is 1. The second-order valence-corrected chi connectivity index (χ2v) is 8.74. The number of hydrogen-bond donors (Lipinski definition) is 1. The van der Waals surface area contributed by atoms with Gasteiger partial charge < -0.3 is 8.92 Å². The maximum atomic E-state index is 13.6. The number of halogens is 1. The van der Waals surface area contributed by atoms with Crippen LogP contribution in [0.3, 0.4) is 0 Å². The van der Waals surface area contributed by atoms with Crippen LogP contribution in [0.2, 0.25) is 0 Å². The van der Waals surface area contributed by atoms with Crippen LogP contribution >= 0.6 is 10.3 Å². The summed E-state index contributed by atoms with van der Waals surface area (Å²) in [4.78, 5) is 19.1. The van der Waals surface area contributed by atoms with Crippen molar-refractivity contribution in [1.82, 2.24) is 9.97 Å². The number of anilines is 1. The van der Waals surface area contributed by atoms with Crippen molar-refractivity contribution in [3.8, 4) is 6.01 Å². The molecule has 0 saturated heterocycles. The fourth-order valence-electron chi connectivity index (χ4n) is 1.35. The Bertz CT molecular complexity index is 480. The SMILES string of the molecule is CCCCCOC(=O)Nc1nc(OS(C)(C)C)ncc1F. The van der Waals surface area contributed by atoms with Crippen molar-refractivity contribution in [1.29, 1.82) is 0 Å². The second-order valence-electron chi connectivity index (χ2n) is 5.13. The topological polar surface area (TPSA) is 73.3 Å². The molecule has 1 N–H and O–H groups in total. The first-order chi connectivity index (χ1) is 9.81. The minimum absolute atomic E-state index is 0.0279. The van der Waals surface area contributed by atoms with Gasteiger partial charge in [0.05, 0.1) is 12.8 Å². The van der Waals surface area contributed by atoms with Gasteiger partial charge in [-0.1, -0.05) is 30.1 Å². The molecule has 0 unspecified atom stereocenters. The first kappa shape index (κ1) is 17.5. The molecule has 0 saturated carbocycles. The molecule has 1 aromatic rings. The van der Waals surface area contributed by atoms with E-state index in [4.69, 9.17) is 8.92 Å². The fourth-order valence-corrected chi connectivity index (χ4v) is 1.88. The van der Waals surface area contributed by atoms with Gasteiger partial charge in [0.15, 0.2) is 11.6 Å². The molecule has 120 valence electrons. The molecular formula is C13H22FN3O3S. The summed E-state index contributed by atoms with van der Waals surface area (Å²) < 4.78 is 24.0. The Morgan fingerprint density at radius 2 is 2.10 bits per heavy atom. The highest BCUT2D eigenvalue weighted by Gasteiger charge is 2.14. The number of unbranched alkanes of at least 4 members (excludes halogenated alkanes) is 2. The molecule has 0 aromatic carbocycles. The normalized spacial score (nSPS) is 11.9. The molecule has 1 amide bonds. The van der Waals surface area contributed by atoms with E-state index < -0.39 is 22.2 Å². The molecular weight excluding hydrogens is 297 g/mol. The van der Waals surface area contributed by atoms with Crippen molar-refractivity contribution in [2.45, 2.75) is 26.2 Å². The zero-order chi connectivity index (χ0) is 15.9. The van der Waals surface area contributed by atoms with Gasteiger partial charge in [0.25, 0.3) is 0 Å². The van der Waals surface area contributed by atoms with Crippen molar-refractivity contribution in [2.75, 3.05) is 30.7 Å². The van der Waals surface area contributed by atoms with E-state index in [1.807, 2.05) is 18.8 Å². The van der Waals surface area contributed by atoms with Crippen molar-refractivity contribution >= 4 is 22.2 Å². The van der Waals surface area contributed by atoms with Crippen LogP contribution in [-0.2, 0) is 4.74 Å². The largest absolute Gasteiger partial charge is 0.449 e. The lowest BCUT2D eigenvalue weighted by Crippen LogP contribution is -2.17. The Labute approximate surface area is 126 Å². The van der Waals surface area contributed by atoms with Gasteiger partial charge in [-0.2, -0.15) is 9.97 Å². The van der Waals surface area contributed by atoms with Gasteiger partial charge in [0.2, 0.25) is 0 Å². The standard InChI is InChI=1S/C13H22FN3O3S/c1-5-6-7-8-19-13(18)17-11-10(14)9-15-12(16-11)20-21(2,3)4/h9H,5-8H2,1-4H3,(H,15,16,17,18). The lowest BCUT2D eigenvalue weighted by atomic mass is 10.3. The van der Waals surface area contributed by atoms with Crippen LogP contribution in [0.15, 0.2) is 6.20 Å². The lowest BCUT2D eigenvalue weighted by molar-refractivity contribution is 0.159. The van der Waals surface area contributed by atoms with Crippen LogP contribution in [0, 0.1) is 5.82 Å². The fraction of sp³-hybridized carbons (Fsp3) is 0.615. The minimum Gasteiger partial charge on any atom is -0.449 e. The van der Waals surface area contributed by atoms with Crippen LogP contribution in [0.1, 0.15) is 26.2 Å². The van der Waals surface area contributed by atoms with Crippen LogP contribution < -0.4 is 9.50 Å². The molecule has 0 bridgehead atoms. The number of carbonyl (C=O) groups is 1. The molecule has 8 heteroatoms. The minimum atomic E-state index is -1.35. The summed E-state index contributed by atoms with van der Waals surface area (Å²) >= 11 is 0. The number of amides is 1. The molecule has 0 aliphatic rings. The van der Waals surface area contributed by atoms with E-state index in [1.165, 1.54) is 0 Å². The molecule has 0 radical (unpaired) electrons. The Kier molecular flexibility index (Phi) is 6.67. The summed E-state index contributed by atoms with van der Waals surface area (Å²) in [5.41, 5.74) is 0. The summed E-state index contributed by atoms with van der Waals surface area (Å²) in [6.07, 6.45) is 8.69. The zero-order valence-electron chi connectivity index (χ0n) is 12.8. The van der Waals surface area contributed by atoms with E-state index in [1.54, 1.807) is 0 Å². The van der Waals surface area contributed by atoms with Crippen LogP contribution in [0.4, 0.5) is 15.0 Å². The van der Waals surface area contributed by atoms with Gasteiger partial charge >= 0.3 is 12.1 Å². The first-order valence-corrected chi connectivity index (χ1v) is 9.44. The van der Waals surface area contributed by atoms with E-state index in [0.717, 1.165) is 25.5 Å². The molecule has 1 rings (SSSR count). The number of hydrogen-bond acceptors (Lipinski definition) is 5. The highest BCUT2D eigenvalue weighted by Crippen LogP contribution is 2.36. The highest BCUT2D eigenvalue weighted by atomic mass is 32.3. The molecule has 1 aromatic heterocycles. The van der Waals surface area contributed by atoms with Gasteiger partial charge in [-0.3, -0.25) is 5.32 Å². The second kappa shape index (κ2) is 8.02. The number of nitrogens with one attached hydrogen (secondary N) is 1. The summed E-state index contributed by atoms with van der Waals surface area (Å²) in [5, 5.41) is 2.26. The molecule has 21 heavy (non-hydrogen) atoms. The Morgan fingerprint density at radius 3 is 2.71 bits per heavy atom. The van der Waals surface area contributed by atoms with Crippen molar-refractivity contribution in [2.24, 2.45) is 0 Å². The number of aromatic nitrogens is 2. The molecule has 6 nitrogen and oxygen atoms in total. The summed E-state index contributed by atoms with van der Waals surface area (Å²) in [7, 11) is -1.35. The summed E-state index contributed by atoms with van der Waals surface area (Å²) in [5.74, 6) is -0.985. The van der Waals surface area contributed by atoms with Crippen LogP contribution in [-0.4, -0.2) is 41.4 Å². The predicted molar refractivity (Wildman–Crippen MR) is 82.5 cm³/mol. The average molecular weight is 319 g/mol. The molecule has 0 fully saturated rings. The van der Waals surface area contributed by atoms with Gasteiger partial charge in [-0.05, 0) is 25.2 Å². The summed E-state index contributed by atoms with van der Waals surface area (Å²) in [6, 6.07) is 0.0279. The first-order valence-electron chi connectivity index (χ1n) is 6.66. The molecule has 0 aliphatic heterocycles. The molecule has 1 heterocycles. The number of carbonyl (C=O) groups excluding carboxylic acids is 1. The van der Waals surface area contributed by atoms with Gasteiger partial charge in [0, 0.05) is 0 Å². The van der Waals surface area contributed by atoms with E-state index in [0.29, 0.717) is 6.61 Å². The van der Waals surface area contributed by atoms with E-state index in [2.05, 4.69) is 22.2 Å². The third-order valence-corrected chi connectivity index (χ3v) is 2.90. The Hall–Kier alpha value is -1.57. The Balaban J connectivity index is 2.61. The third-order valence-electron chi connectivity index (χ3n) is 2.25. The quantitative estimate of drug-likeness (QED) is 0.780.